The molecule has 0 unspecified atom stereocenters. The molecule has 0 spiro atoms. The highest BCUT2D eigenvalue weighted by Crippen LogP contribution is 2.10. The van der Waals surface area contributed by atoms with E-state index in [9.17, 15) is 4.79 Å². The number of benzene rings is 2. The van der Waals surface area contributed by atoms with Crippen molar-refractivity contribution in [1.29, 1.82) is 0 Å². The van der Waals surface area contributed by atoms with Crippen LogP contribution in [0.15, 0.2) is 72.3 Å². The fourth-order valence-electron chi connectivity index (χ4n) is 2.20. The van der Waals surface area contributed by atoms with Crippen molar-refractivity contribution >= 4 is 5.91 Å². The summed E-state index contributed by atoms with van der Waals surface area (Å²) in [4.78, 5) is 12.2. The quantitative estimate of drug-likeness (QED) is 0.799. The summed E-state index contributed by atoms with van der Waals surface area (Å²) in [6.07, 6.45) is 3.56. The fraction of sp³-hybridized carbons (Fsp3) is 0.211. The van der Waals surface area contributed by atoms with Crippen LogP contribution in [-0.4, -0.2) is 5.91 Å². The first-order valence-corrected chi connectivity index (χ1v) is 7.31. The van der Waals surface area contributed by atoms with Crippen LogP contribution < -0.4 is 5.32 Å². The van der Waals surface area contributed by atoms with E-state index >= 15 is 0 Å². The van der Waals surface area contributed by atoms with Gasteiger partial charge >= 0.3 is 0 Å². The first-order valence-electron chi connectivity index (χ1n) is 7.31. The van der Waals surface area contributed by atoms with Gasteiger partial charge in [-0.05, 0) is 30.9 Å². The molecule has 0 fully saturated rings. The van der Waals surface area contributed by atoms with Crippen molar-refractivity contribution in [2.24, 2.45) is 0 Å². The topological polar surface area (TPSA) is 29.1 Å². The SMILES string of the molecule is C/C=C(\CCc1ccccc1)C(=O)NCc1ccccc1. The molecule has 2 rings (SSSR count). The summed E-state index contributed by atoms with van der Waals surface area (Å²) in [6, 6.07) is 20.2. The highest BCUT2D eigenvalue weighted by atomic mass is 16.1. The van der Waals surface area contributed by atoms with Crippen LogP contribution in [0.4, 0.5) is 0 Å². The zero-order valence-electron chi connectivity index (χ0n) is 12.4. The van der Waals surface area contributed by atoms with Crippen LogP contribution in [0.5, 0.6) is 0 Å². The van der Waals surface area contributed by atoms with Gasteiger partial charge in [0.1, 0.15) is 0 Å². The van der Waals surface area contributed by atoms with E-state index in [0.717, 1.165) is 24.0 Å². The van der Waals surface area contributed by atoms with Crippen LogP contribution in [0, 0.1) is 0 Å². The van der Waals surface area contributed by atoms with E-state index in [2.05, 4.69) is 17.4 Å². The molecule has 0 aliphatic heterocycles. The lowest BCUT2D eigenvalue weighted by atomic mass is 10.0. The van der Waals surface area contributed by atoms with Gasteiger partial charge in [-0.15, -0.1) is 0 Å². The lowest BCUT2D eigenvalue weighted by Gasteiger charge is -2.09. The molecule has 0 aliphatic rings. The Morgan fingerprint density at radius 2 is 1.52 bits per heavy atom. The summed E-state index contributed by atoms with van der Waals surface area (Å²) >= 11 is 0. The highest BCUT2D eigenvalue weighted by Gasteiger charge is 2.08. The average Bonchev–Trinajstić information content (AvgIpc) is 2.55. The van der Waals surface area contributed by atoms with Crippen LogP contribution in [0.25, 0.3) is 0 Å². The maximum absolute atomic E-state index is 12.2. The molecule has 0 aliphatic carbocycles. The number of carbonyl (C=O) groups is 1. The highest BCUT2D eigenvalue weighted by molar-refractivity contribution is 5.93. The summed E-state index contributed by atoms with van der Waals surface area (Å²) in [5, 5.41) is 2.98. The second-order valence-electron chi connectivity index (χ2n) is 4.97. The average molecular weight is 279 g/mol. The van der Waals surface area contributed by atoms with E-state index in [1.165, 1.54) is 5.56 Å². The van der Waals surface area contributed by atoms with Crippen LogP contribution in [0.3, 0.4) is 0 Å². The van der Waals surface area contributed by atoms with Crippen LogP contribution in [0.2, 0.25) is 0 Å². The Labute approximate surface area is 126 Å². The van der Waals surface area contributed by atoms with Gasteiger partial charge in [-0.25, -0.2) is 0 Å². The minimum atomic E-state index is 0.0253. The van der Waals surface area contributed by atoms with Gasteiger partial charge in [0.15, 0.2) is 0 Å². The Bertz CT molecular complexity index is 587. The van der Waals surface area contributed by atoms with E-state index in [-0.39, 0.29) is 5.91 Å². The second kappa shape index (κ2) is 8.05. The molecule has 0 aromatic heterocycles. The lowest BCUT2D eigenvalue weighted by Crippen LogP contribution is -2.24. The van der Waals surface area contributed by atoms with Crippen LogP contribution >= 0.6 is 0 Å². The maximum Gasteiger partial charge on any atom is 0.247 e. The summed E-state index contributed by atoms with van der Waals surface area (Å²) in [5.41, 5.74) is 3.21. The molecule has 1 N–H and O–H groups in total. The number of hydrogen-bond acceptors (Lipinski definition) is 1. The standard InChI is InChI=1S/C19H21NO/c1-2-18(14-13-16-9-5-3-6-10-16)19(21)20-15-17-11-7-4-8-12-17/h2-12H,13-15H2,1H3,(H,20,21)/b18-2+. The Hall–Kier alpha value is -2.35. The third-order valence-corrected chi connectivity index (χ3v) is 3.46. The number of allylic oxidation sites excluding steroid dienone is 1. The lowest BCUT2D eigenvalue weighted by molar-refractivity contribution is -0.117. The molecule has 0 saturated heterocycles. The normalized spacial score (nSPS) is 11.2. The largest absolute Gasteiger partial charge is 0.348 e. The fourth-order valence-corrected chi connectivity index (χ4v) is 2.20. The van der Waals surface area contributed by atoms with Crippen molar-refractivity contribution in [2.75, 3.05) is 0 Å². The molecule has 21 heavy (non-hydrogen) atoms. The minimum Gasteiger partial charge on any atom is -0.348 e. The molecule has 2 nitrogen and oxygen atoms in total. The van der Waals surface area contributed by atoms with E-state index < -0.39 is 0 Å². The predicted molar refractivity (Wildman–Crippen MR) is 86.8 cm³/mol. The van der Waals surface area contributed by atoms with Crippen molar-refractivity contribution in [2.45, 2.75) is 26.3 Å². The van der Waals surface area contributed by atoms with Crippen LogP contribution in [0.1, 0.15) is 24.5 Å². The number of aryl methyl sites for hydroxylation is 1. The van der Waals surface area contributed by atoms with Crippen molar-refractivity contribution in [3.05, 3.63) is 83.4 Å². The van der Waals surface area contributed by atoms with Gasteiger partial charge in [-0.2, -0.15) is 0 Å². The van der Waals surface area contributed by atoms with Gasteiger partial charge in [0.05, 0.1) is 0 Å². The smallest absolute Gasteiger partial charge is 0.247 e. The van der Waals surface area contributed by atoms with Gasteiger partial charge in [-0.3, -0.25) is 4.79 Å². The van der Waals surface area contributed by atoms with Gasteiger partial charge in [-0.1, -0.05) is 66.7 Å². The molecule has 0 atom stereocenters. The molecule has 2 aromatic rings. The van der Waals surface area contributed by atoms with Crippen molar-refractivity contribution in [3.63, 3.8) is 0 Å². The molecule has 108 valence electrons. The maximum atomic E-state index is 12.2. The first-order chi connectivity index (χ1) is 10.3. The van der Waals surface area contributed by atoms with Gasteiger partial charge in [0.25, 0.3) is 0 Å². The Kier molecular flexibility index (Phi) is 5.77. The van der Waals surface area contributed by atoms with Crippen LogP contribution in [-0.2, 0) is 17.8 Å². The summed E-state index contributed by atoms with van der Waals surface area (Å²) in [6.45, 7) is 2.49. The number of amides is 1. The van der Waals surface area contributed by atoms with Gasteiger partial charge < -0.3 is 5.32 Å². The summed E-state index contributed by atoms with van der Waals surface area (Å²) in [7, 11) is 0. The second-order valence-corrected chi connectivity index (χ2v) is 4.97. The minimum absolute atomic E-state index is 0.0253. The molecular formula is C19H21NO. The zero-order valence-corrected chi connectivity index (χ0v) is 12.4. The number of hydrogen-bond donors (Lipinski definition) is 1. The molecule has 0 saturated carbocycles. The Morgan fingerprint density at radius 1 is 0.952 bits per heavy atom. The van der Waals surface area contributed by atoms with E-state index in [0.29, 0.717) is 6.54 Å². The number of rotatable bonds is 6. The van der Waals surface area contributed by atoms with Crippen molar-refractivity contribution < 1.29 is 4.79 Å². The molecule has 0 heterocycles. The Balaban J connectivity index is 1.84. The van der Waals surface area contributed by atoms with Gasteiger partial charge in [0.2, 0.25) is 5.91 Å². The summed E-state index contributed by atoms with van der Waals surface area (Å²) < 4.78 is 0. The van der Waals surface area contributed by atoms with Crippen molar-refractivity contribution in [3.8, 4) is 0 Å². The van der Waals surface area contributed by atoms with Gasteiger partial charge in [0, 0.05) is 12.1 Å². The zero-order chi connectivity index (χ0) is 14.9. The number of carbonyl (C=O) groups excluding carboxylic acids is 1. The molecule has 0 radical (unpaired) electrons. The Morgan fingerprint density at radius 3 is 2.10 bits per heavy atom. The summed E-state index contributed by atoms with van der Waals surface area (Å²) in [5.74, 6) is 0.0253. The van der Waals surface area contributed by atoms with E-state index in [1.807, 2.05) is 61.5 Å². The molecular weight excluding hydrogens is 258 g/mol. The third kappa shape index (κ3) is 4.92. The molecule has 2 heteroatoms. The molecule has 2 aromatic carbocycles. The molecule has 0 bridgehead atoms. The van der Waals surface area contributed by atoms with E-state index in [1.54, 1.807) is 0 Å². The third-order valence-electron chi connectivity index (χ3n) is 3.46. The first kappa shape index (κ1) is 15.0. The number of nitrogens with one attached hydrogen (secondary N) is 1. The van der Waals surface area contributed by atoms with E-state index in [4.69, 9.17) is 0 Å². The predicted octanol–water partition coefficient (Wildman–Crippen LogP) is 3.88. The molecule has 1 amide bonds. The monoisotopic (exact) mass is 279 g/mol. The van der Waals surface area contributed by atoms with Crippen molar-refractivity contribution in [1.82, 2.24) is 5.32 Å².